The smallest absolute Gasteiger partial charge is 0.253 e. The third kappa shape index (κ3) is 4.98. The summed E-state index contributed by atoms with van der Waals surface area (Å²) in [6.07, 6.45) is 0. The number of aromatic amines is 1. The standard InChI is InChI=1S/C13H12Br2N4O3S/c1-22-9-3-8(6(14)2-7(9)15)17-12(21)5-23-13-18-10(16)4-11(20)19-13/h2-4H,5H2,1H3,(H,17,21)(H3,16,18,19,20). The van der Waals surface area contributed by atoms with Gasteiger partial charge in [-0.05, 0) is 37.9 Å². The van der Waals surface area contributed by atoms with Crippen LogP contribution in [0.25, 0.3) is 0 Å². The first-order valence-corrected chi connectivity index (χ1v) is 8.78. The van der Waals surface area contributed by atoms with Gasteiger partial charge < -0.3 is 20.8 Å². The van der Waals surface area contributed by atoms with Crippen molar-refractivity contribution in [2.75, 3.05) is 23.9 Å². The Labute approximate surface area is 152 Å². The fourth-order valence-corrected chi connectivity index (χ4v) is 3.56. The molecule has 2 rings (SSSR count). The maximum Gasteiger partial charge on any atom is 0.253 e. The van der Waals surface area contributed by atoms with Crippen molar-refractivity contribution in [3.63, 3.8) is 0 Å². The predicted molar refractivity (Wildman–Crippen MR) is 97.0 cm³/mol. The lowest BCUT2D eigenvalue weighted by molar-refractivity contribution is -0.113. The zero-order chi connectivity index (χ0) is 17.0. The van der Waals surface area contributed by atoms with E-state index in [9.17, 15) is 9.59 Å². The number of nitrogens with zero attached hydrogens (tertiary/aromatic N) is 1. The molecule has 0 unspecified atom stereocenters. The molecule has 2 aromatic rings. The second kappa shape index (κ2) is 7.84. The molecule has 10 heteroatoms. The van der Waals surface area contributed by atoms with E-state index in [0.29, 0.717) is 15.9 Å². The normalized spacial score (nSPS) is 10.4. The first-order chi connectivity index (χ1) is 10.9. The molecule has 0 aliphatic heterocycles. The molecule has 0 radical (unpaired) electrons. The lowest BCUT2D eigenvalue weighted by atomic mass is 10.3. The summed E-state index contributed by atoms with van der Waals surface area (Å²) in [6, 6.07) is 4.64. The van der Waals surface area contributed by atoms with Crippen molar-refractivity contribution in [2.24, 2.45) is 0 Å². The number of carbonyl (C=O) groups excluding carboxylic acids is 1. The Kier molecular flexibility index (Phi) is 6.08. The van der Waals surface area contributed by atoms with Crippen LogP contribution in [0.5, 0.6) is 5.75 Å². The highest BCUT2D eigenvalue weighted by Crippen LogP contribution is 2.34. The van der Waals surface area contributed by atoms with E-state index in [1.54, 1.807) is 12.1 Å². The lowest BCUT2D eigenvalue weighted by Gasteiger charge is -2.11. The van der Waals surface area contributed by atoms with Crippen LogP contribution in [0.1, 0.15) is 0 Å². The second-order valence-corrected chi connectivity index (χ2v) is 6.95. The number of carbonyl (C=O) groups is 1. The molecule has 23 heavy (non-hydrogen) atoms. The third-order valence-electron chi connectivity index (χ3n) is 2.60. The fraction of sp³-hybridized carbons (Fsp3) is 0.154. The summed E-state index contributed by atoms with van der Waals surface area (Å²) in [7, 11) is 1.54. The average molecular weight is 464 g/mol. The van der Waals surface area contributed by atoms with E-state index in [-0.39, 0.29) is 28.2 Å². The maximum atomic E-state index is 12.0. The number of nitrogens with two attached hydrogens (primary N) is 1. The summed E-state index contributed by atoms with van der Waals surface area (Å²) in [5.74, 6) is 0.511. The van der Waals surface area contributed by atoms with Crippen molar-refractivity contribution < 1.29 is 9.53 Å². The molecule has 122 valence electrons. The molecule has 1 aromatic carbocycles. The zero-order valence-corrected chi connectivity index (χ0v) is 15.8. The largest absolute Gasteiger partial charge is 0.495 e. The van der Waals surface area contributed by atoms with Gasteiger partial charge in [0.25, 0.3) is 5.56 Å². The molecule has 1 amide bonds. The molecular formula is C13H12Br2N4O3S. The highest BCUT2D eigenvalue weighted by Gasteiger charge is 2.11. The van der Waals surface area contributed by atoms with Gasteiger partial charge in [-0.2, -0.15) is 0 Å². The van der Waals surface area contributed by atoms with Crippen LogP contribution in [0.15, 0.2) is 37.1 Å². The van der Waals surface area contributed by atoms with Gasteiger partial charge in [-0.25, -0.2) is 4.98 Å². The molecule has 7 nitrogen and oxygen atoms in total. The van der Waals surface area contributed by atoms with Gasteiger partial charge in [0.2, 0.25) is 5.91 Å². The molecule has 0 atom stereocenters. The summed E-state index contributed by atoms with van der Waals surface area (Å²) in [5.41, 5.74) is 5.70. The van der Waals surface area contributed by atoms with Crippen molar-refractivity contribution in [1.82, 2.24) is 9.97 Å². The Morgan fingerprint density at radius 2 is 2.13 bits per heavy atom. The van der Waals surface area contributed by atoms with Gasteiger partial charge in [0.1, 0.15) is 11.6 Å². The number of hydrogen-bond acceptors (Lipinski definition) is 6. The minimum absolute atomic E-state index is 0.0667. The molecule has 1 aromatic heterocycles. The molecule has 0 bridgehead atoms. The summed E-state index contributed by atoms with van der Waals surface area (Å²) in [5, 5.41) is 3.04. The Bertz CT molecular complexity index is 797. The number of H-pyrrole nitrogens is 1. The van der Waals surface area contributed by atoms with E-state index in [4.69, 9.17) is 10.5 Å². The summed E-state index contributed by atoms with van der Waals surface area (Å²) in [6.45, 7) is 0. The second-order valence-electron chi connectivity index (χ2n) is 4.28. The van der Waals surface area contributed by atoms with Crippen LogP contribution < -0.4 is 21.3 Å². The van der Waals surface area contributed by atoms with Gasteiger partial charge in [-0.3, -0.25) is 9.59 Å². The number of methoxy groups -OCH3 is 1. The Morgan fingerprint density at radius 3 is 2.78 bits per heavy atom. The van der Waals surface area contributed by atoms with Crippen molar-refractivity contribution in [2.45, 2.75) is 5.16 Å². The van der Waals surface area contributed by atoms with Crippen LogP contribution in [0.3, 0.4) is 0 Å². The van der Waals surface area contributed by atoms with Gasteiger partial charge in [0, 0.05) is 16.6 Å². The van der Waals surface area contributed by atoms with Crippen molar-refractivity contribution in [1.29, 1.82) is 0 Å². The minimum atomic E-state index is -0.360. The number of aromatic nitrogens is 2. The van der Waals surface area contributed by atoms with Gasteiger partial charge in [-0.1, -0.05) is 11.8 Å². The predicted octanol–water partition coefficient (Wildman–Crippen LogP) is 2.62. The topological polar surface area (TPSA) is 110 Å². The monoisotopic (exact) mass is 462 g/mol. The van der Waals surface area contributed by atoms with Crippen LogP contribution in [0, 0.1) is 0 Å². The molecule has 0 spiro atoms. The van der Waals surface area contributed by atoms with Crippen LogP contribution in [0.4, 0.5) is 11.5 Å². The first-order valence-electron chi connectivity index (χ1n) is 6.21. The maximum absolute atomic E-state index is 12.0. The van der Waals surface area contributed by atoms with Crippen molar-refractivity contribution in [3.05, 3.63) is 37.5 Å². The number of nitrogen functional groups attached to an aromatic ring is 1. The van der Waals surface area contributed by atoms with Crippen LogP contribution in [-0.4, -0.2) is 28.7 Å². The number of benzene rings is 1. The number of nitrogens with one attached hydrogen (secondary N) is 2. The third-order valence-corrected chi connectivity index (χ3v) is 4.74. The number of halogens is 2. The average Bonchev–Trinajstić information content (AvgIpc) is 2.47. The molecular weight excluding hydrogens is 452 g/mol. The van der Waals surface area contributed by atoms with E-state index < -0.39 is 0 Å². The fourth-order valence-electron chi connectivity index (χ4n) is 1.62. The van der Waals surface area contributed by atoms with Gasteiger partial charge in [0.05, 0.1) is 23.0 Å². The van der Waals surface area contributed by atoms with Gasteiger partial charge in [-0.15, -0.1) is 0 Å². The first kappa shape index (κ1) is 17.8. The van der Waals surface area contributed by atoms with Crippen molar-refractivity contribution in [3.8, 4) is 5.75 Å². The zero-order valence-electron chi connectivity index (χ0n) is 11.9. The summed E-state index contributed by atoms with van der Waals surface area (Å²) in [4.78, 5) is 29.8. The van der Waals surface area contributed by atoms with E-state index >= 15 is 0 Å². The molecule has 0 aliphatic carbocycles. The molecule has 1 heterocycles. The molecule has 0 saturated heterocycles. The van der Waals surface area contributed by atoms with Gasteiger partial charge >= 0.3 is 0 Å². The van der Waals surface area contributed by atoms with E-state index in [1.807, 2.05) is 0 Å². The Hall–Kier alpha value is -1.52. The number of rotatable bonds is 5. The highest BCUT2D eigenvalue weighted by atomic mass is 79.9. The summed E-state index contributed by atoms with van der Waals surface area (Å²) >= 11 is 7.81. The van der Waals surface area contributed by atoms with Crippen LogP contribution >= 0.6 is 43.6 Å². The number of thioether (sulfide) groups is 1. The number of anilines is 2. The van der Waals surface area contributed by atoms with E-state index in [1.165, 1.54) is 13.2 Å². The molecule has 0 aliphatic rings. The van der Waals surface area contributed by atoms with Crippen molar-refractivity contribution >= 4 is 61.0 Å². The Morgan fingerprint density at radius 1 is 1.39 bits per heavy atom. The van der Waals surface area contributed by atoms with Crippen LogP contribution in [-0.2, 0) is 4.79 Å². The number of amides is 1. The minimum Gasteiger partial charge on any atom is -0.495 e. The lowest BCUT2D eigenvalue weighted by Crippen LogP contribution is -2.16. The van der Waals surface area contributed by atoms with E-state index in [2.05, 4.69) is 47.1 Å². The molecule has 0 saturated carbocycles. The summed E-state index contributed by atoms with van der Waals surface area (Å²) < 4.78 is 6.66. The van der Waals surface area contributed by atoms with Gasteiger partial charge in [0.15, 0.2) is 5.16 Å². The Balaban J connectivity index is 2.04. The quantitative estimate of drug-likeness (QED) is 0.464. The number of ether oxygens (including phenoxy) is 1. The highest BCUT2D eigenvalue weighted by molar-refractivity contribution is 9.11. The number of hydrogen-bond donors (Lipinski definition) is 3. The SMILES string of the molecule is COc1cc(NC(=O)CSc2nc(N)cc(=O)[nH]2)c(Br)cc1Br. The molecule has 0 fully saturated rings. The van der Waals surface area contributed by atoms with Crippen LogP contribution in [0.2, 0.25) is 0 Å². The van der Waals surface area contributed by atoms with E-state index in [0.717, 1.165) is 16.2 Å². The molecule has 4 N–H and O–H groups in total.